The second-order valence-electron chi connectivity index (χ2n) is 5.85. The number of halogens is 2. The fourth-order valence-electron chi connectivity index (χ4n) is 3.19. The maximum Gasteiger partial charge on any atom is 0.255 e. The number of benzene rings is 2. The molecule has 1 amide bonds. The molecule has 120 valence electrons. The molecule has 1 fully saturated rings. The van der Waals surface area contributed by atoms with Crippen molar-refractivity contribution >= 4 is 33.4 Å². The monoisotopic (exact) mass is 392 g/mol. The minimum atomic E-state index is -0.0284. The van der Waals surface area contributed by atoms with Gasteiger partial charge in [-0.05, 0) is 36.2 Å². The van der Waals surface area contributed by atoms with Crippen LogP contribution in [0.15, 0.2) is 53.0 Å². The number of nitrogens with zero attached hydrogens (tertiary/aromatic N) is 1. The lowest BCUT2D eigenvalue weighted by molar-refractivity contribution is 0.0786. The van der Waals surface area contributed by atoms with Crippen molar-refractivity contribution < 1.29 is 4.79 Å². The van der Waals surface area contributed by atoms with Crippen LogP contribution in [0.5, 0.6) is 0 Å². The first-order chi connectivity index (χ1) is 11.1. The van der Waals surface area contributed by atoms with Crippen LogP contribution in [0, 0.1) is 5.92 Å². The number of amides is 1. The van der Waals surface area contributed by atoms with E-state index in [1.165, 1.54) is 5.56 Å². The first-order valence-corrected chi connectivity index (χ1v) is 8.76. The molecule has 5 heteroatoms. The Hall–Kier alpha value is -1.36. The summed E-state index contributed by atoms with van der Waals surface area (Å²) >= 11 is 9.59. The van der Waals surface area contributed by atoms with Gasteiger partial charge in [0.25, 0.3) is 5.91 Å². The van der Waals surface area contributed by atoms with Crippen LogP contribution in [0.25, 0.3) is 0 Å². The third kappa shape index (κ3) is 3.44. The summed E-state index contributed by atoms with van der Waals surface area (Å²) in [7, 11) is 0. The summed E-state index contributed by atoms with van der Waals surface area (Å²) < 4.78 is 0.863. The summed E-state index contributed by atoms with van der Waals surface area (Å²) in [6.45, 7) is 1.91. The first-order valence-electron chi connectivity index (χ1n) is 7.59. The van der Waals surface area contributed by atoms with Crippen LogP contribution >= 0.6 is 27.5 Å². The number of hydrogen-bond acceptors (Lipinski definition) is 2. The Morgan fingerprint density at radius 3 is 2.61 bits per heavy atom. The van der Waals surface area contributed by atoms with E-state index in [4.69, 9.17) is 17.3 Å². The number of hydrogen-bond donors (Lipinski definition) is 1. The Morgan fingerprint density at radius 2 is 1.96 bits per heavy atom. The van der Waals surface area contributed by atoms with Gasteiger partial charge in [0.1, 0.15) is 0 Å². The van der Waals surface area contributed by atoms with Gasteiger partial charge in [-0.25, -0.2) is 0 Å². The SMILES string of the molecule is NC[C@@H]1CN(C(=O)c2ccc(Br)cc2Cl)C[C@H]1c1ccccc1. The number of carbonyl (C=O) groups excluding carboxylic acids is 1. The predicted octanol–water partition coefficient (Wildman–Crippen LogP) is 3.92. The third-order valence-electron chi connectivity index (χ3n) is 4.42. The largest absolute Gasteiger partial charge is 0.338 e. The van der Waals surface area contributed by atoms with Gasteiger partial charge in [0.15, 0.2) is 0 Å². The third-order valence-corrected chi connectivity index (χ3v) is 5.23. The van der Waals surface area contributed by atoms with Crippen molar-refractivity contribution in [3.8, 4) is 0 Å². The van der Waals surface area contributed by atoms with Crippen LogP contribution in [-0.2, 0) is 0 Å². The molecule has 1 heterocycles. The molecule has 3 nitrogen and oxygen atoms in total. The maximum atomic E-state index is 12.8. The van der Waals surface area contributed by atoms with E-state index in [0.29, 0.717) is 30.2 Å². The van der Waals surface area contributed by atoms with Gasteiger partial charge in [0.05, 0.1) is 10.6 Å². The molecule has 0 saturated carbocycles. The van der Waals surface area contributed by atoms with Gasteiger partial charge >= 0.3 is 0 Å². The summed E-state index contributed by atoms with van der Waals surface area (Å²) in [6.07, 6.45) is 0. The Kier molecular flexibility index (Phi) is 5.05. The molecule has 0 aromatic heterocycles. The van der Waals surface area contributed by atoms with Crippen LogP contribution in [0.3, 0.4) is 0 Å². The molecule has 0 unspecified atom stereocenters. The molecule has 2 N–H and O–H groups in total. The molecule has 1 aliphatic rings. The zero-order valence-corrected chi connectivity index (χ0v) is 14.9. The predicted molar refractivity (Wildman–Crippen MR) is 96.8 cm³/mol. The van der Waals surface area contributed by atoms with Gasteiger partial charge in [-0.1, -0.05) is 57.9 Å². The number of carbonyl (C=O) groups is 1. The highest BCUT2D eigenvalue weighted by atomic mass is 79.9. The zero-order chi connectivity index (χ0) is 16.4. The molecular weight excluding hydrogens is 376 g/mol. The molecule has 2 aromatic rings. The molecule has 1 saturated heterocycles. The topological polar surface area (TPSA) is 46.3 Å². The van der Waals surface area contributed by atoms with Crippen molar-refractivity contribution in [1.29, 1.82) is 0 Å². The molecule has 1 aliphatic heterocycles. The first kappa shape index (κ1) is 16.5. The van der Waals surface area contributed by atoms with Crippen molar-refractivity contribution in [2.75, 3.05) is 19.6 Å². The Balaban J connectivity index is 1.83. The second-order valence-corrected chi connectivity index (χ2v) is 7.17. The van der Waals surface area contributed by atoms with E-state index in [9.17, 15) is 4.79 Å². The van der Waals surface area contributed by atoms with Crippen molar-refractivity contribution in [2.24, 2.45) is 11.7 Å². The van der Waals surface area contributed by atoms with Crippen molar-refractivity contribution in [2.45, 2.75) is 5.92 Å². The van der Waals surface area contributed by atoms with Crippen molar-refractivity contribution in [3.05, 3.63) is 69.2 Å². The van der Waals surface area contributed by atoms with Gasteiger partial charge in [0.2, 0.25) is 0 Å². The number of rotatable bonds is 3. The lowest BCUT2D eigenvalue weighted by Crippen LogP contribution is -2.30. The fraction of sp³-hybridized carbons (Fsp3) is 0.278. The lowest BCUT2D eigenvalue weighted by Gasteiger charge is -2.17. The van der Waals surface area contributed by atoms with E-state index in [1.807, 2.05) is 29.2 Å². The average Bonchev–Trinajstić information content (AvgIpc) is 2.99. The summed E-state index contributed by atoms with van der Waals surface area (Å²) in [5.41, 5.74) is 7.72. The fourth-order valence-corrected chi connectivity index (χ4v) is 3.94. The van der Waals surface area contributed by atoms with Crippen molar-refractivity contribution in [1.82, 2.24) is 4.90 Å². The molecule has 3 rings (SSSR count). The van der Waals surface area contributed by atoms with Gasteiger partial charge in [-0.3, -0.25) is 4.79 Å². The summed E-state index contributed by atoms with van der Waals surface area (Å²) in [5.74, 6) is 0.523. The lowest BCUT2D eigenvalue weighted by atomic mass is 9.89. The summed E-state index contributed by atoms with van der Waals surface area (Å²) in [6, 6.07) is 15.6. The van der Waals surface area contributed by atoms with E-state index in [1.54, 1.807) is 12.1 Å². The van der Waals surface area contributed by atoms with Gasteiger partial charge in [-0.15, -0.1) is 0 Å². The van der Waals surface area contributed by atoms with E-state index < -0.39 is 0 Å². The minimum Gasteiger partial charge on any atom is -0.338 e. The van der Waals surface area contributed by atoms with E-state index in [2.05, 4.69) is 28.1 Å². The average molecular weight is 394 g/mol. The second kappa shape index (κ2) is 7.04. The van der Waals surface area contributed by atoms with Crippen LogP contribution in [0.1, 0.15) is 21.8 Å². The van der Waals surface area contributed by atoms with E-state index >= 15 is 0 Å². The molecule has 23 heavy (non-hydrogen) atoms. The van der Waals surface area contributed by atoms with Gasteiger partial charge < -0.3 is 10.6 Å². The highest BCUT2D eigenvalue weighted by molar-refractivity contribution is 9.10. The molecule has 0 aliphatic carbocycles. The molecule has 0 bridgehead atoms. The Labute approximate surface area is 149 Å². The summed E-state index contributed by atoms with van der Waals surface area (Å²) in [5, 5.41) is 0.469. The van der Waals surface area contributed by atoms with Crippen LogP contribution < -0.4 is 5.73 Å². The standard InChI is InChI=1S/C18H18BrClN2O/c19-14-6-7-15(17(20)8-14)18(23)22-10-13(9-21)16(11-22)12-4-2-1-3-5-12/h1-8,13,16H,9-11,21H2/t13-,16+/m1/s1. The van der Waals surface area contributed by atoms with Gasteiger partial charge in [0, 0.05) is 23.5 Å². The summed E-state index contributed by atoms with van der Waals surface area (Å²) in [4.78, 5) is 14.7. The smallest absolute Gasteiger partial charge is 0.255 e. The van der Waals surface area contributed by atoms with E-state index in [-0.39, 0.29) is 17.7 Å². The van der Waals surface area contributed by atoms with Crippen molar-refractivity contribution in [3.63, 3.8) is 0 Å². The number of likely N-dealkylation sites (tertiary alicyclic amines) is 1. The quantitative estimate of drug-likeness (QED) is 0.859. The highest BCUT2D eigenvalue weighted by Gasteiger charge is 2.35. The molecular formula is C18H18BrClN2O. The van der Waals surface area contributed by atoms with Crippen LogP contribution in [-0.4, -0.2) is 30.4 Å². The molecule has 0 spiro atoms. The normalized spacial score (nSPS) is 20.7. The number of nitrogens with two attached hydrogens (primary N) is 1. The molecule has 0 radical (unpaired) electrons. The molecule has 2 aromatic carbocycles. The Bertz CT molecular complexity index is 707. The molecule has 2 atom stereocenters. The van der Waals surface area contributed by atoms with Crippen LogP contribution in [0.2, 0.25) is 5.02 Å². The maximum absolute atomic E-state index is 12.8. The minimum absolute atomic E-state index is 0.0284. The zero-order valence-electron chi connectivity index (χ0n) is 12.6. The van der Waals surface area contributed by atoms with Gasteiger partial charge in [-0.2, -0.15) is 0 Å². The highest BCUT2D eigenvalue weighted by Crippen LogP contribution is 2.33. The van der Waals surface area contributed by atoms with Crippen LogP contribution in [0.4, 0.5) is 0 Å². The Morgan fingerprint density at radius 1 is 1.22 bits per heavy atom. The van der Waals surface area contributed by atoms with E-state index in [0.717, 1.165) is 4.47 Å².